The summed E-state index contributed by atoms with van der Waals surface area (Å²) in [6, 6.07) is 9.35. The van der Waals surface area contributed by atoms with E-state index >= 15 is 0 Å². The Balaban J connectivity index is 1.93. The molecule has 1 fully saturated rings. The molecule has 2 nitrogen and oxygen atoms in total. The molecule has 3 heteroatoms. The third-order valence-corrected chi connectivity index (χ3v) is 5.26. The highest BCUT2D eigenvalue weighted by Crippen LogP contribution is 2.29. The Bertz CT molecular complexity index is 386. The van der Waals surface area contributed by atoms with Gasteiger partial charge in [-0.3, -0.25) is 0 Å². The Morgan fingerprint density at radius 3 is 2.70 bits per heavy atom. The third kappa shape index (κ3) is 4.51. The monoisotopic (exact) mass is 293 g/mol. The van der Waals surface area contributed by atoms with Crippen LogP contribution in [0.3, 0.4) is 0 Å². The number of nitrogens with one attached hydrogen (secondary N) is 1. The van der Waals surface area contributed by atoms with Crippen LogP contribution in [0.1, 0.15) is 43.9 Å². The van der Waals surface area contributed by atoms with Crippen LogP contribution in [-0.2, 0) is 4.74 Å². The van der Waals surface area contributed by atoms with Crippen molar-refractivity contribution in [3.05, 3.63) is 35.4 Å². The van der Waals surface area contributed by atoms with Gasteiger partial charge in [-0.15, -0.1) is 0 Å². The molecule has 0 aromatic heterocycles. The van der Waals surface area contributed by atoms with Crippen LogP contribution in [0.15, 0.2) is 24.3 Å². The molecule has 0 bridgehead atoms. The predicted octanol–water partition coefficient (Wildman–Crippen LogP) is 3.95. The third-order valence-electron chi connectivity index (χ3n) is 3.90. The molecule has 112 valence electrons. The Labute approximate surface area is 127 Å². The lowest BCUT2D eigenvalue weighted by Gasteiger charge is -2.26. The van der Waals surface area contributed by atoms with Crippen LogP contribution in [0.2, 0.25) is 0 Å². The Hall–Kier alpha value is -0.510. The van der Waals surface area contributed by atoms with Gasteiger partial charge in [0, 0.05) is 23.7 Å². The van der Waals surface area contributed by atoms with Gasteiger partial charge in [-0.1, -0.05) is 43.7 Å². The van der Waals surface area contributed by atoms with E-state index in [0.717, 1.165) is 18.9 Å². The van der Waals surface area contributed by atoms with Crippen LogP contribution in [-0.4, -0.2) is 30.3 Å². The molecule has 20 heavy (non-hydrogen) atoms. The minimum atomic E-state index is 0.423. The van der Waals surface area contributed by atoms with E-state index in [9.17, 15) is 0 Å². The summed E-state index contributed by atoms with van der Waals surface area (Å²) in [5.74, 6) is 1.12. The van der Waals surface area contributed by atoms with Crippen LogP contribution in [0.5, 0.6) is 0 Å². The zero-order valence-corrected chi connectivity index (χ0v) is 13.7. The first-order valence-corrected chi connectivity index (χ1v) is 8.78. The predicted molar refractivity (Wildman–Crippen MR) is 88.5 cm³/mol. The lowest BCUT2D eigenvalue weighted by atomic mass is 10.0. The zero-order chi connectivity index (χ0) is 14.4. The SMILES string of the molecule is CCNC(c1ccc(C)cc1)C(C)SCC1CCCO1. The van der Waals surface area contributed by atoms with Crippen molar-refractivity contribution in [1.82, 2.24) is 5.32 Å². The van der Waals surface area contributed by atoms with E-state index in [-0.39, 0.29) is 0 Å². The average molecular weight is 293 g/mol. The van der Waals surface area contributed by atoms with Gasteiger partial charge in [-0.05, 0) is 31.9 Å². The van der Waals surface area contributed by atoms with Gasteiger partial charge in [-0.2, -0.15) is 11.8 Å². The first kappa shape index (κ1) is 15.9. The van der Waals surface area contributed by atoms with Crippen molar-refractivity contribution >= 4 is 11.8 Å². The van der Waals surface area contributed by atoms with Crippen LogP contribution >= 0.6 is 11.8 Å². The second kappa shape index (κ2) is 8.06. The molecule has 1 saturated heterocycles. The molecule has 1 heterocycles. The summed E-state index contributed by atoms with van der Waals surface area (Å²) in [4.78, 5) is 0. The molecule has 3 unspecified atom stereocenters. The second-order valence-corrected chi connectivity index (χ2v) is 7.03. The van der Waals surface area contributed by atoms with E-state index in [1.54, 1.807) is 0 Å². The summed E-state index contributed by atoms with van der Waals surface area (Å²) in [6.45, 7) is 8.60. The molecule has 1 aliphatic heterocycles. The highest BCUT2D eigenvalue weighted by atomic mass is 32.2. The Morgan fingerprint density at radius 2 is 2.10 bits per heavy atom. The first-order chi connectivity index (χ1) is 9.70. The number of thioether (sulfide) groups is 1. The largest absolute Gasteiger partial charge is 0.377 e. The van der Waals surface area contributed by atoms with E-state index in [1.807, 2.05) is 11.8 Å². The normalized spacial score (nSPS) is 21.9. The van der Waals surface area contributed by atoms with Gasteiger partial charge in [0.15, 0.2) is 0 Å². The number of aryl methyl sites for hydroxylation is 1. The van der Waals surface area contributed by atoms with Gasteiger partial charge in [0.2, 0.25) is 0 Å². The molecule has 0 aliphatic carbocycles. The minimum Gasteiger partial charge on any atom is -0.377 e. The van der Waals surface area contributed by atoms with E-state index in [1.165, 1.54) is 24.0 Å². The number of hydrogen-bond donors (Lipinski definition) is 1. The molecule has 1 N–H and O–H groups in total. The molecule has 1 aromatic carbocycles. The average Bonchev–Trinajstić information content (AvgIpc) is 2.97. The fraction of sp³-hybridized carbons (Fsp3) is 0.647. The second-order valence-electron chi connectivity index (χ2n) is 5.62. The molecule has 0 saturated carbocycles. The smallest absolute Gasteiger partial charge is 0.0666 e. The van der Waals surface area contributed by atoms with Gasteiger partial charge in [0.1, 0.15) is 0 Å². The maximum atomic E-state index is 5.72. The van der Waals surface area contributed by atoms with Gasteiger partial charge >= 0.3 is 0 Å². The summed E-state index contributed by atoms with van der Waals surface area (Å²) in [7, 11) is 0. The number of ether oxygens (including phenoxy) is 1. The van der Waals surface area contributed by atoms with Gasteiger partial charge < -0.3 is 10.1 Å². The van der Waals surface area contributed by atoms with E-state index in [4.69, 9.17) is 4.74 Å². The molecule has 1 aromatic rings. The molecule has 2 rings (SSSR count). The fourth-order valence-electron chi connectivity index (χ4n) is 2.68. The summed E-state index contributed by atoms with van der Waals surface area (Å²) in [6.07, 6.45) is 2.94. The van der Waals surface area contributed by atoms with Crippen LogP contribution in [0.25, 0.3) is 0 Å². The molecule has 3 atom stereocenters. The zero-order valence-electron chi connectivity index (χ0n) is 12.9. The Morgan fingerprint density at radius 1 is 1.35 bits per heavy atom. The summed E-state index contributed by atoms with van der Waals surface area (Å²) < 4.78 is 5.72. The molecule has 0 spiro atoms. The fourth-order valence-corrected chi connectivity index (χ4v) is 3.91. The lowest BCUT2D eigenvalue weighted by molar-refractivity contribution is 0.128. The summed E-state index contributed by atoms with van der Waals surface area (Å²) in [5, 5.41) is 4.19. The van der Waals surface area contributed by atoms with Gasteiger partial charge in [0.25, 0.3) is 0 Å². The van der Waals surface area contributed by atoms with Crippen LogP contribution in [0.4, 0.5) is 0 Å². The van der Waals surface area contributed by atoms with Crippen molar-refractivity contribution in [2.24, 2.45) is 0 Å². The molecule has 0 amide bonds. The summed E-state index contributed by atoms with van der Waals surface area (Å²) in [5.41, 5.74) is 2.72. The molecule has 0 radical (unpaired) electrons. The van der Waals surface area contributed by atoms with Crippen LogP contribution < -0.4 is 5.32 Å². The highest BCUT2D eigenvalue weighted by molar-refractivity contribution is 7.99. The van der Waals surface area contributed by atoms with Crippen molar-refractivity contribution in [3.8, 4) is 0 Å². The van der Waals surface area contributed by atoms with Gasteiger partial charge in [0.05, 0.1) is 6.10 Å². The maximum absolute atomic E-state index is 5.72. The van der Waals surface area contributed by atoms with Crippen molar-refractivity contribution in [2.75, 3.05) is 18.9 Å². The lowest BCUT2D eigenvalue weighted by Crippen LogP contribution is -2.29. The Kier molecular flexibility index (Phi) is 6.40. The van der Waals surface area contributed by atoms with Crippen molar-refractivity contribution in [1.29, 1.82) is 0 Å². The highest BCUT2D eigenvalue weighted by Gasteiger charge is 2.22. The minimum absolute atomic E-state index is 0.423. The van der Waals surface area contributed by atoms with Crippen LogP contribution in [0, 0.1) is 6.92 Å². The standard InChI is InChI=1S/C17H27NOS/c1-4-18-17(15-9-7-13(2)8-10-15)14(3)20-12-16-6-5-11-19-16/h7-10,14,16-18H,4-6,11-12H2,1-3H3. The number of rotatable bonds is 7. The van der Waals surface area contributed by atoms with Gasteiger partial charge in [-0.25, -0.2) is 0 Å². The quantitative estimate of drug-likeness (QED) is 0.822. The maximum Gasteiger partial charge on any atom is 0.0666 e. The molecule has 1 aliphatic rings. The van der Waals surface area contributed by atoms with Crippen molar-refractivity contribution in [3.63, 3.8) is 0 Å². The van der Waals surface area contributed by atoms with E-state index < -0.39 is 0 Å². The van der Waals surface area contributed by atoms with E-state index in [0.29, 0.717) is 17.4 Å². The van der Waals surface area contributed by atoms with Crippen molar-refractivity contribution < 1.29 is 4.74 Å². The van der Waals surface area contributed by atoms with E-state index in [2.05, 4.69) is 50.4 Å². The first-order valence-electron chi connectivity index (χ1n) is 7.74. The molecular weight excluding hydrogens is 266 g/mol. The molecular formula is C17H27NOS. The van der Waals surface area contributed by atoms with Crippen molar-refractivity contribution in [2.45, 2.75) is 51.0 Å². The number of hydrogen-bond acceptors (Lipinski definition) is 3. The summed E-state index contributed by atoms with van der Waals surface area (Å²) >= 11 is 2.03. The number of benzene rings is 1. The topological polar surface area (TPSA) is 21.3 Å².